The molecule has 2 fully saturated rings. The molecule has 0 bridgehead atoms. The van der Waals surface area contributed by atoms with Crippen molar-refractivity contribution in [2.45, 2.75) is 69.5 Å². The molecule has 0 spiro atoms. The molecule has 104 valence electrons. The summed E-state index contributed by atoms with van der Waals surface area (Å²) in [7, 11) is 1.43. The molecule has 2 N–H and O–H groups in total. The lowest BCUT2D eigenvalue weighted by Crippen LogP contribution is -2.50. The van der Waals surface area contributed by atoms with E-state index in [-0.39, 0.29) is 5.97 Å². The molecule has 0 aromatic rings. The lowest BCUT2D eigenvalue weighted by atomic mass is 9.95. The summed E-state index contributed by atoms with van der Waals surface area (Å²) in [6.45, 7) is 3.42. The predicted octanol–water partition coefficient (Wildman–Crippen LogP) is 1.67. The summed E-state index contributed by atoms with van der Waals surface area (Å²) >= 11 is 0. The normalized spacial score (nSPS) is 37.7. The van der Waals surface area contributed by atoms with Gasteiger partial charge in [0.15, 0.2) is 0 Å². The first-order valence-corrected chi connectivity index (χ1v) is 7.24. The third kappa shape index (κ3) is 2.54. The minimum absolute atomic E-state index is 0.241. The van der Waals surface area contributed by atoms with Gasteiger partial charge in [-0.15, -0.1) is 0 Å². The molecule has 1 saturated heterocycles. The van der Waals surface area contributed by atoms with Crippen LogP contribution in [-0.4, -0.2) is 42.1 Å². The first-order chi connectivity index (χ1) is 8.60. The van der Waals surface area contributed by atoms with Gasteiger partial charge in [-0.3, -0.25) is 9.69 Å². The summed E-state index contributed by atoms with van der Waals surface area (Å²) in [6.07, 6.45) is 7.67. The molecule has 18 heavy (non-hydrogen) atoms. The van der Waals surface area contributed by atoms with Gasteiger partial charge in [0.1, 0.15) is 5.54 Å². The summed E-state index contributed by atoms with van der Waals surface area (Å²) < 4.78 is 4.84. The van der Waals surface area contributed by atoms with E-state index in [9.17, 15) is 4.79 Å². The van der Waals surface area contributed by atoms with Crippen molar-refractivity contribution in [1.82, 2.24) is 4.90 Å². The molecule has 1 heterocycles. The van der Waals surface area contributed by atoms with Gasteiger partial charge < -0.3 is 10.5 Å². The van der Waals surface area contributed by atoms with E-state index in [2.05, 4.69) is 11.8 Å². The molecule has 0 aromatic carbocycles. The van der Waals surface area contributed by atoms with Gasteiger partial charge in [-0.05, 0) is 45.1 Å². The van der Waals surface area contributed by atoms with E-state index in [1.807, 2.05) is 0 Å². The summed E-state index contributed by atoms with van der Waals surface area (Å²) in [6, 6.07) is 1.16. The summed E-state index contributed by atoms with van der Waals surface area (Å²) in [5.41, 5.74) is 5.45. The van der Waals surface area contributed by atoms with Crippen LogP contribution in [0.3, 0.4) is 0 Å². The zero-order chi connectivity index (χ0) is 13.2. The Labute approximate surface area is 110 Å². The van der Waals surface area contributed by atoms with E-state index in [4.69, 9.17) is 10.5 Å². The van der Waals surface area contributed by atoms with Gasteiger partial charge in [0.25, 0.3) is 0 Å². The molecule has 3 unspecified atom stereocenters. The van der Waals surface area contributed by atoms with Gasteiger partial charge in [0.2, 0.25) is 0 Å². The zero-order valence-electron chi connectivity index (χ0n) is 11.7. The molecule has 2 rings (SSSR count). The number of hydrogen-bond acceptors (Lipinski definition) is 4. The van der Waals surface area contributed by atoms with Crippen LogP contribution in [0.1, 0.15) is 51.9 Å². The van der Waals surface area contributed by atoms with Crippen molar-refractivity contribution in [3.63, 3.8) is 0 Å². The Morgan fingerprint density at radius 1 is 1.44 bits per heavy atom. The molecule has 0 amide bonds. The maximum Gasteiger partial charge on any atom is 0.325 e. The van der Waals surface area contributed by atoms with Crippen LogP contribution in [0.15, 0.2) is 0 Å². The highest BCUT2D eigenvalue weighted by Gasteiger charge is 2.45. The van der Waals surface area contributed by atoms with Crippen LogP contribution in [0.5, 0.6) is 0 Å². The highest BCUT2D eigenvalue weighted by molar-refractivity contribution is 5.81. The fourth-order valence-corrected chi connectivity index (χ4v) is 3.66. The number of nitrogens with two attached hydrogens (primary N) is 1. The molecule has 0 radical (unpaired) electrons. The van der Waals surface area contributed by atoms with Gasteiger partial charge in [-0.1, -0.05) is 13.3 Å². The number of methoxy groups -OCH3 is 1. The Morgan fingerprint density at radius 3 is 2.89 bits per heavy atom. The van der Waals surface area contributed by atoms with Crippen molar-refractivity contribution in [1.29, 1.82) is 0 Å². The van der Waals surface area contributed by atoms with Crippen LogP contribution < -0.4 is 5.73 Å². The standard InChI is InChI=1S/C14H26N2O2/c1-3-11-6-4-5-9-16(11)12-7-8-14(15,10-12)13(17)18-2/h11-12H,3-10,15H2,1-2H3. The smallest absolute Gasteiger partial charge is 0.325 e. The minimum Gasteiger partial charge on any atom is -0.468 e. The number of carbonyl (C=O) groups excluding carboxylic acids is 1. The van der Waals surface area contributed by atoms with Gasteiger partial charge >= 0.3 is 5.97 Å². The maximum absolute atomic E-state index is 11.7. The molecular weight excluding hydrogens is 228 g/mol. The SMILES string of the molecule is CCC1CCCCN1C1CCC(N)(C(=O)OC)C1. The van der Waals surface area contributed by atoms with E-state index in [0.29, 0.717) is 12.1 Å². The highest BCUT2D eigenvalue weighted by Crippen LogP contribution is 2.35. The van der Waals surface area contributed by atoms with Crippen molar-refractivity contribution in [2.75, 3.05) is 13.7 Å². The first-order valence-electron chi connectivity index (χ1n) is 7.24. The average Bonchev–Trinajstić information content (AvgIpc) is 2.81. The number of likely N-dealkylation sites (tertiary alicyclic amines) is 1. The first kappa shape index (κ1) is 13.8. The van der Waals surface area contributed by atoms with Crippen LogP contribution >= 0.6 is 0 Å². The van der Waals surface area contributed by atoms with E-state index >= 15 is 0 Å². The van der Waals surface area contributed by atoms with E-state index in [1.165, 1.54) is 39.3 Å². The molecule has 1 saturated carbocycles. The van der Waals surface area contributed by atoms with Gasteiger partial charge in [0.05, 0.1) is 7.11 Å². The molecule has 1 aliphatic heterocycles. The number of esters is 1. The topological polar surface area (TPSA) is 55.6 Å². The predicted molar refractivity (Wildman–Crippen MR) is 71.2 cm³/mol. The second-order valence-corrected chi connectivity index (χ2v) is 5.84. The zero-order valence-corrected chi connectivity index (χ0v) is 11.7. The number of hydrogen-bond donors (Lipinski definition) is 1. The largest absolute Gasteiger partial charge is 0.468 e. The van der Waals surface area contributed by atoms with Crippen LogP contribution in [0.25, 0.3) is 0 Å². The Bertz CT molecular complexity index is 308. The van der Waals surface area contributed by atoms with Crippen molar-refractivity contribution in [2.24, 2.45) is 5.73 Å². The lowest BCUT2D eigenvalue weighted by Gasteiger charge is -2.40. The summed E-state index contributed by atoms with van der Waals surface area (Å²) in [5, 5.41) is 0. The minimum atomic E-state index is -0.741. The third-order valence-electron chi connectivity index (χ3n) is 4.73. The highest BCUT2D eigenvalue weighted by atomic mass is 16.5. The fourth-order valence-electron chi connectivity index (χ4n) is 3.66. The summed E-state index contributed by atoms with van der Waals surface area (Å²) in [4.78, 5) is 14.3. The Balaban J connectivity index is 2.01. The van der Waals surface area contributed by atoms with Crippen molar-refractivity contribution >= 4 is 5.97 Å². The molecular formula is C14H26N2O2. The Morgan fingerprint density at radius 2 is 2.22 bits per heavy atom. The van der Waals surface area contributed by atoms with Crippen LogP contribution in [-0.2, 0) is 9.53 Å². The average molecular weight is 254 g/mol. The second-order valence-electron chi connectivity index (χ2n) is 5.84. The number of carbonyl (C=O) groups is 1. The van der Waals surface area contributed by atoms with Crippen LogP contribution in [0.2, 0.25) is 0 Å². The van der Waals surface area contributed by atoms with E-state index in [0.717, 1.165) is 19.3 Å². The monoisotopic (exact) mass is 254 g/mol. The number of nitrogens with zero attached hydrogens (tertiary/aromatic N) is 1. The Kier molecular flexibility index (Phi) is 4.28. The number of ether oxygens (including phenoxy) is 1. The molecule has 4 nitrogen and oxygen atoms in total. The van der Waals surface area contributed by atoms with Crippen molar-refractivity contribution < 1.29 is 9.53 Å². The van der Waals surface area contributed by atoms with Crippen molar-refractivity contribution in [3.05, 3.63) is 0 Å². The number of rotatable bonds is 3. The van der Waals surface area contributed by atoms with Crippen LogP contribution in [0.4, 0.5) is 0 Å². The molecule has 2 aliphatic rings. The van der Waals surface area contributed by atoms with Gasteiger partial charge in [-0.25, -0.2) is 0 Å². The third-order valence-corrected chi connectivity index (χ3v) is 4.73. The summed E-state index contributed by atoms with van der Waals surface area (Å²) in [5.74, 6) is -0.241. The van der Waals surface area contributed by atoms with Crippen LogP contribution in [0, 0.1) is 0 Å². The van der Waals surface area contributed by atoms with Crippen molar-refractivity contribution in [3.8, 4) is 0 Å². The molecule has 4 heteroatoms. The van der Waals surface area contributed by atoms with Gasteiger partial charge in [-0.2, -0.15) is 0 Å². The van der Waals surface area contributed by atoms with Gasteiger partial charge in [0, 0.05) is 12.1 Å². The fraction of sp³-hybridized carbons (Fsp3) is 0.929. The van der Waals surface area contributed by atoms with E-state index < -0.39 is 5.54 Å². The lowest BCUT2D eigenvalue weighted by molar-refractivity contribution is -0.147. The quantitative estimate of drug-likeness (QED) is 0.778. The Hall–Kier alpha value is -0.610. The second kappa shape index (κ2) is 5.57. The van der Waals surface area contributed by atoms with E-state index in [1.54, 1.807) is 0 Å². The molecule has 0 aromatic heterocycles. The maximum atomic E-state index is 11.7. The molecule has 1 aliphatic carbocycles. The molecule has 3 atom stereocenters. The number of piperidine rings is 1.